The molecule has 0 spiro atoms. The molecule has 1 aliphatic rings. The van der Waals surface area contributed by atoms with Gasteiger partial charge in [-0.1, -0.05) is 0 Å². The van der Waals surface area contributed by atoms with Crippen LogP contribution in [0.2, 0.25) is 0 Å². The van der Waals surface area contributed by atoms with Gasteiger partial charge in [-0.25, -0.2) is 4.57 Å². The van der Waals surface area contributed by atoms with Gasteiger partial charge in [0.1, 0.15) is 6.26 Å². The first-order chi connectivity index (χ1) is 4.14. The van der Waals surface area contributed by atoms with Gasteiger partial charge in [-0.2, -0.15) is 0 Å². The molecular formula is C5H5O3P. The van der Waals surface area contributed by atoms with E-state index >= 15 is 0 Å². The Hall–Kier alpha value is -0.870. The molecule has 1 unspecified atom stereocenters. The van der Waals surface area contributed by atoms with Gasteiger partial charge < -0.3 is 9.05 Å². The molecule has 0 aromatic rings. The first kappa shape index (κ1) is 6.25. The second-order valence-electron chi connectivity index (χ2n) is 1.59. The molecule has 1 aliphatic heterocycles. The highest BCUT2D eigenvalue weighted by Crippen LogP contribution is 2.50. The molecule has 48 valence electrons. The summed E-state index contributed by atoms with van der Waals surface area (Å²) >= 11 is 0. The molecule has 0 aromatic heterocycles. The van der Waals surface area contributed by atoms with E-state index in [1.54, 1.807) is 0 Å². The second-order valence-corrected chi connectivity index (χ2v) is 3.53. The average Bonchev–Trinajstić information content (AvgIpc) is 2.10. The van der Waals surface area contributed by atoms with Gasteiger partial charge >= 0.3 is 7.60 Å². The Morgan fingerprint density at radius 3 is 2.78 bits per heavy atom. The van der Waals surface area contributed by atoms with Crippen molar-refractivity contribution in [2.45, 2.75) is 0 Å². The summed E-state index contributed by atoms with van der Waals surface area (Å²) in [6.45, 7) is 1.36. The van der Waals surface area contributed by atoms with Crippen LogP contribution in [-0.4, -0.2) is 6.66 Å². The lowest BCUT2D eigenvalue weighted by Gasteiger charge is -2.01. The summed E-state index contributed by atoms with van der Waals surface area (Å²) in [5.74, 6) is 2.36. The maximum Gasteiger partial charge on any atom is 0.427 e. The van der Waals surface area contributed by atoms with Gasteiger partial charge in [0.05, 0.1) is 6.66 Å². The lowest BCUT2D eigenvalue weighted by molar-refractivity contribution is 0.374. The summed E-state index contributed by atoms with van der Waals surface area (Å²) < 4.78 is 20.0. The van der Waals surface area contributed by atoms with Crippen molar-refractivity contribution < 1.29 is 13.6 Å². The largest absolute Gasteiger partial charge is 0.427 e. The van der Waals surface area contributed by atoms with Gasteiger partial charge in [-0.05, 0) is 5.92 Å². The monoisotopic (exact) mass is 144 g/mol. The molecule has 0 fully saturated rings. The third-order valence-corrected chi connectivity index (χ3v) is 1.77. The molecule has 3 nitrogen and oxygen atoms in total. The maximum absolute atomic E-state index is 10.8. The number of rotatable bonds is 0. The number of hydrogen-bond acceptors (Lipinski definition) is 3. The van der Waals surface area contributed by atoms with Crippen LogP contribution >= 0.6 is 7.60 Å². The molecule has 0 aromatic carbocycles. The fraction of sp³-hybridized carbons (Fsp3) is 0.200. The fourth-order valence-electron chi connectivity index (χ4n) is 0.426. The van der Waals surface area contributed by atoms with Crippen LogP contribution in [0.15, 0.2) is 12.0 Å². The minimum atomic E-state index is -2.85. The van der Waals surface area contributed by atoms with E-state index in [1.165, 1.54) is 12.9 Å². The zero-order valence-electron chi connectivity index (χ0n) is 4.83. The van der Waals surface area contributed by atoms with E-state index < -0.39 is 7.60 Å². The molecule has 0 amide bonds. The summed E-state index contributed by atoms with van der Waals surface area (Å²) in [7, 11) is -2.85. The van der Waals surface area contributed by atoms with E-state index in [9.17, 15) is 4.57 Å². The zero-order chi connectivity index (χ0) is 6.91. The second kappa shape index (κ2) is 1.82. The molecule has 0 radical (unpaired) electrons. The third-order valence-electron chi connectivity index (χ3n) is 0.758. The van der Waals surface area contributed by atoms with Crippen molar-refractivity contribution in [3.63, 3.8) is 0 Å². The van der Waals surface area contributed by atoms with Crippen LogP contribution in [0.5, 0.6) is 0 Å². The first-order valence-corrected chi connectivity index (χ1v) is 4.25. The predicted molar refractivity (Wildman–Crippen MR) is 32.6 cm³/mol. The molecule has 1 heterocycles. The summed E-state index contributed by atoms with van der Waals surface area (Å²) in [6, 6.07) is 0. The maximum atomic E-state index is 10.8. The minimum Gasteiger partial charge on any atom is -0.419 e. The summed E-state index contributed by atoms with van der Waals surface area (Å²) in [5.41, 5.74) is 0. The van der Waals surface area contributed by atoms with Crippen LogP contribution in [0.4, 0.5) is 0 Å². The van der Waals surface area contributed by atoms with Crippen molar-refractivity contribution in [3.05, 3.63) is 12.0 Å². The van der Waals surface area contributed by atoms with Crippen molar-refractivity contribution in [1.82, 2.24) is 0 Å². The number of terminal acetylenes is 1. The Balaban J connectivity index is 2.74. The van der Waals surface area contributed by atoms with E-state index in [0.29, 0.717) is 0 Å². The first-order valence-electron chi connectivity index (χ1n) is 2.26. The van der Waals surface area contributed by atoms with Crippen LogP contribution < -0.4 is 0 Å². The smallest absolute Gasteiger partial charge is 0.419 e. The van der Waals surface area contributed by atoms with Gasteiger partial charge in [0, 0.05) is 0 Å². The van der Waals surface area contributed by atoms with Crippen molar-refractivity contribution in [3.8, 4) is 12.3 Å². The Bertz CT molecular complexity index is 235. The standard InChI is InChI=1S/C5H5O3P/c1-3-5-4-7-9(2,6)8-5/h1,4H,2H3. The van der Waals surface area contributed by atoms with Crippen molar-refractivity contribution in [1.29, 1.82) is 0 Å². The highest BCUT2D eigenvalue weighted by Gasteiger charge is 2.25. The average molecular weight is 144 g/mol. The van der Waals surface area contributed by atoms with Gasteiger partial charge in [-0.3, -0.25) is 0 Å². The van der Waals surface area contributed by atoms with Gasteiger partial charge in [0.15, 0.2) is 0 Å². The summed E-state index contributed by atoms with van der Waals surface area (Å²) in [4.78, 5) is 0. The minimum absolute atomic E-state index is 0.195. The van der Waals surface area contributed by atoms with Crippen LogP contribution in [0.1, 0.15) is 0 Å². The van der Waals surface area contributed by atoms with Crippen LogP contribution in [0.3, 0.4) is 0 Å². The quantitative estimate of drug-likeness (QED) is 0.380. The molecule has 1 atom stereocenters. The number of hydrogen-bond donors (Lipinski definition) is 0. The molecule has 1 rings (SSSR count). The molecular weight excluding hydrogens is 139 g/mol. The molecule has 0 N–H and O–H groups in total. The van der Waals surface area contributed by atoms with E-state index in [0.717, 1.165) is 0 Å². The van der Waals surface area contributed by atoms with Crippen LogP contribution in [0.25, 0.3) is 0 Å². The van der Waals surface area contributed by atoms with Crippen molar-refractivity contribution in [2.75, 3.05) is 6.66 Å². The van der Waals surface area contributed by atoms with Gasteiger partial charge in [-0.15, -0.1) is 6.42 Å². The normalized spacial score (nSPS) is 31.8. The lowest BCUT2D eigenvalue weighted by atomic mass is 10.6. The summed E-state index contributed by atoms with van der Waals surface area (Å²) in [6.07, 6.45) is 6.09. The van der Waals surface area contributed by atoms with Crippen LogP contribution in [-0.2, 0) is 13.6 Å². The highest BCUT2D eigenvalue weighted by atomic mass is 31.2. The lowest BCUT2D eigenvalue weighted by Crippen LogP contribution is -1.76. The van der Waals surface area contributed by atoms with E-state index in [-0.39, 0.29) is 5.76 Å². The summed E-state index contributed by atoms with van der Waals surface area (Å²) in [5, 5.41) is 0. The number of allylic oxidation sites excluding steroid dienone is 1. The molecule has 0 aliphatic carbocycles. The molecule has 4 heteroatoms. The van der Waals surface area contributed by atoms with Crippen LogP contribution in [0, 0.1) is 12.3 Å². The van der Waals surface area contributed by atoms with Crippen molar-refractivity contribution >= 4 is 7.60 Å². The van der Waals surface area contributed by atoms with E-state index in [2.05, 4.69) is 15.0 Å². The van der Waals surface area contributed by atoms with E-state index in [1.807, 2.05) is 0 Å². The van der Waals surface area contributed by atoms with Gasteiger partial charge in [0.25, 0.3) is 0 Å². The Morgan fingerprint density at radius 1 is 1.89 bits per heavy atom. The van der Waals surface area contributed by atoms with E-state index in [4.69, 9.17) is 6.42 Å². The fourth-order valence-corrected chi connectivity index (χ4v) is 1.21. The zero-order valence-corrected chi connectivity index (χ0v) is 5.72. The predicted octanol–water partition coefficient (Wildman–Crippen LogP) is 1.33. The topological polar surface area (TPSA) is 35.5 Å². The SMILES string of the molecule is C#CC1=COP(C)(=O)O1. The Morgan fingerprint density at radius 2 is 2.56 bits per heavy atom. The van der Waals surface area contributed by atoms with Gasteiger partial charge in [0.2, 0.25) is 5.76 Å². The Labute approximate surface area is 53.2 Å². The molecule has 0 bridgehead atoms. The molecule has 0 saturated heterocycles. The highest BCUT2D eigenvalue weighted by molar-refractivity contribution is 7.53. The Kier molecular flexibility index (Phi) is 1.27. The van der Waals surface area contributed by atoms with Crippen molar-refractivity contribution in [2.24, 2.45) is 0 Å². The molecule has 0 saturated carbocycles. The third kappa shape index (κ3) is 1.28. The molecule has 9 heavy (non-hydrogen) atoms.